The third-order valence-electron chi connectivity index (χ3n) is 5.32. The van der Waals surface area contributed by atoms with Crippen molar-refractivity contribution in [3.63, 3.8) is 0 Å². The largest absolute Gasteiger partial charge is 0.489 e. The van der Waals surface area contributed by atoms with Crippen LogP contribution in [-0.2, 0) is 17.8 Å². The molecular formula is C20H19N5O4. The van der Waals surface area contributed by atoms with Gasteiger partial charge in [0.1, 0.15) is 31.2 Å². The molecule has 0 radical (unpaired) electrons. The van der Waals surface area contributed by atoms with Crippen molar-refractivity contribution in [3.8, 4) is 5.75 Å². The van der Waals surface area contributed by atoms with E-state index in [1.54, 1.807) is 27.7 Å². The predicted molar refractivity (Wildman–Crippen MR) is 102 cm³/mol. The number of fused-ring (bicyclic) bond motifs is 2. The van der Waals surface area contributed by atoms with Crippen LogP contribution < -0.4 is 9.64 Å². The van der Waals surface area contributed by atoms with Gasteiger partial charge in [-0.2, -0.15) is 5.10 Å². The summed E-state index contributed by atoms with van der Waals surface area (Å²) in [5.74, 6) is 0.705. The van der Waals surface area contributed by atoms with Crippen LogP contribution in [0.1, 0.15) is 21.9 Å². The molecular weight excluding hydrogens is 374 g/mol. The summed E-state index contributed by atoms with van der Waals surface area (Å²) < 4.78 is 12.8. The number of likely N-dealkylation sites (N-methyl/N-ethyl adjacent to an activating group) is 1. The molecule has 9 nitrogen and oxygen atoms in total. The van der Waals surface area contributed by atoms with Crippen LogP contribution in [0.5, 0.6) is 5.75 Å². The van der Waals surface area contributed by atoms with Crippen molar-refractivity contribution in [2.24, 2.45) is 0 Å². The van der Waals surface area contributed by atoms with Gasteiger partial charge in [-0.05, 0) is 18.6 Å². The molecule has 3 aromatic rings. The van der Waals surface area contributed by atoms with E-state index >= 15 is 0 Å². The monoisotopic (exact) mass is 393 g/mol. The molecule has 5 rings (SSSR count). The van der Waals surface area contributed by atoms with E-state index in [1.165, 1.54) is 6.26 Å². The molecule has 0 bridgehead atoms. The Kier molecular flexibility index (Phi) is 4.08. The highest BCUT2D eigenvalue weighted by Crippen LogP contribution is 2.32. The smallest absolute Gasteiger partial charge is 0.275 e. The second-order valence-corrected chi connectivity index (χ2v) is 7.07. The normalized spacial score (nSPS) is 18.9. The lowest BCUT2D eigenvalue weighted by atomic mass is 10.0. The lowest BCUT2D eigenvalue weighted by Gasteiger charge is -2.33. The molecule has 0 unspecified atom stereocenters. The maximum atomic E-state index is 13.2. The zero-order chi connectivity index (χ0) is 20.0. The van der Waals surface area contributed by atoms with Crippen molar-refractivity contribution in [1.29, 1.82) is 0 Å². The minimum absolute atomic E-state index is 0.109. The number of carbonyl (C=O) groups is 2. The minimum Gasteiger partial charge on any atom is -0.489 e. The zero-order valence-electron chi connectivity index (χ0n) is 15.8. The fourth-order valence-electron chi connectivity index (χ4n) is 3.81. The lowest BCUT2D eigenvalue weighted by Crippen LogP contribution is -2.54. The Morgan fingerprint density at radius 3 is 2.93 bits per heavy atom. The summed E-state index contributed by atoms with van der Waals surface area (Å²) >= 11 is 0. The van der Waals surface area contributed by atoms with E-state index in [0.717, 1.165) is 5.56 Å². The number of aromatic nitrogens is 3. The standard InChI is InChI=1S/C20H19N5O4/c1-23-14-4-2-3-5-16(14)29-12-15(19(23)26)25-8-6-13-10-24(22-18(13)20(25)27)11-17-21-7-9-28-17/h2-5,7,9-10,15H,6,8,11-12H2,1H3/t15-/m0/s1. The van der Waals surface area contributed by atoms with Gasteiger partial charge in [-0.15, -0.1) is 0 Å². The van der Waals surface area contributed by atoms with Crippen LogP contribution in [0.25, 0.3) is 0 Å². The molecule has 0 saturated carbocycles. The van der Waals surface area contributed by atoms with E-state index in [1.807, 2.05) is 30.5 Å². The third kappa shape index (κ3) is 2.95. The Morgan fingerprint density at radius 1 is 1.24 bits per heavy atom. The van der Waals surface area contributed by atoms with Crippen molar-refractivity contribution in [3.05, 3.63) is 60.1 Å². The Hall–Kier alpha value is -3.62. The molecule has 4 heterocycles. The fourth-order valence-corrected chi connectivity index (χ4v) is 3.81. The molecule has 2 aromatic heterocycles. The topological polar surface area (TPSA) is 93.7 Å². The average molecular weight is 393 g/mol. The minimum atomic E-state index is -0.704. The third-order valence-corrected chi connectivity index (χ3v) is 5.32. The van der Waals surface area contributed by atoms with Gasteiger partial charge < -0.3 is 19.0 Å². The zero-order valence-corrected chi connectivity index (χ0v) is 15.8. The van der Waals surface area contributed by atoms with Crippen LogP contribution in [0.15, 0.2) is 47.3 Å². The molecule has 0 spiro atoms. The SMILES string of the molecule is CN1C(=O)[C@@H](N2CCc3cn(Cc4ncco4)nc3C2=O)COc2ccccc21. The molecule has 0 aliphatic carbocycles. The number of hydrogen-bond acceptors (Lipinski definition) is 6. The summed E-state index contributed by atoms with van der Waals surface area (Å²) in [4.78, 5) is 33.4. The number of anilines is 1. The van der Waals surface area contributed by atoms with E-state index in [2.05, 4.69) is 10.1 Å². The summed E-state index contributed by atoms with van der Waals surface area (Å²) in [7, 11) is 1.70. The second kappa shape index (κ2) is 6.77. The van der Waals surface area contributed by atoms with Gasteiger partial charge in [0, 0.05) is 25.4 Å². The first kappa shape index (κ1) is 17.5. The number of benzene rings is 1. The Balaban J connectivity index is 1.40. The summed E-state index contributed by atoms with van der Waals surface area (Å²) in [6, 6.07) is 6.66. The van der Waals surface area contributed by atoms with E-state index in [9.17, 15) is 9.59 Å². The molecule has 0 N–H and O–H groups in total. The van der Waals surface area contributed by atoms with E-state index < -0.39 is 6.04 Å². The molecule has 0 fully saturated rings. The van der Waals surface area contributed by atoms with E-state index in [0.29, 0.717) is 42.5 Å². The first-order valence-electron chi connectivity index (χ1n) is 9.37. The first-order chi connectivity index (χ1) is 14.1. The Morgan fingerprint density at radius 2 is 2.10 bits per heavy atom. The van der Waals surface area contributed by atoms with Crippen molar-refractivity contribution >= 4 is 17.5 Å². The van der Waals surface area contributed by atoms with Crippen LogP contribution in [0.2, 0.25) is 0 Å². The van der Waals surface area contributed by atoms with Crippen LogP contribution in [-0.4, -0.2) is 57.7 Å². The maximum absolute atomic E-state index is 13.2. The van der Waals surface area contributed by atoms with Gasteiger partial charge in [-0.25, -0.2) is 4.98 Å². The molecule has 9 heteroatoms. The second-order valence-electron chi connectivity index (χ2n) is 7.07. The molecule has 2 amide bonds. The Labute approximate surface area is 166 Å². The van der Waals surface area contributed by atoms with Crippen LogP contribution >= 0.6 is 0 Å². The molecule has 1 aromatic carbocycles. The van der Waals surface area contributed by atoms with Gasteiger partial charge in [-0.1, -0.05) is 12.1 Å². The number of hydrogen-bond donors (Lipinski definition) is 0. The summed E-state index contributed by atoms with van der Waals surface area (Å²) in [5, 5.41) is 4.42. The number of rotatable bonds is 3. The first-order valence-corrected chi connectivity index (χ1v) is 9.37. The van der Waals surface area contributed by atoms with E-state index in [-0.39, 0.29) is 18.4 Å². The average Bonchev–Trinajstić information content (AvgIpc) is 3.37. The highest BCUT2D eigenvalue weighted by Gasteiger charge is 2.39. The van der Waals surface area contributed by atoms with Gasteiger partial charge in [0.15, 0.2) is 5.69 Å². The van der Waals surface area contributed by atoms with Gasteiger partial charge in [0.2, 0.25) is 5.89 Å². The number of ether oxygens (including phenoxy) is 1. The van der Waals surface area contributed by atoms with Crippen LogP contribution in [0.4, 0.5) is 5.69 Å². The number of amides is 2. The van der Waals surface area contributed by atoms with Crippen molar-refractivity contribution < 1.29 is 18.7 Å². The van der Waals surface area contributed by atoms with Gasteiger partial charge >= 0.3 is 0 Å². The van der Waals surface area contributed by atoms with Crippen LogP contribution in [0.3, 0.4) is 0 Å². The van der Waals surface area contributed by atoms with Crippen molar-refractivity contribution in [2.75, 3.05) is 25.1 Å². The highest BCUT2D eigenvalue weighted by atomic mass is 16.5. The lowest BCUT2D eigenvalue weighted by molar-refractivity contribution is -0.123. The number of oxazole rings is 1. The summed E-state index contributed by atoms with van der Waals surface area (Å²) in [5.41, 5.74) is 1.91. The number of para-hydroxylation sites is 2. The van der Waals surface area contributed by atoms with Gasteiger partial charge in [0.05, 0.1) is 11.9 Å². The molecule has 2 aliphatic heterocycles. The highest BCUT2D eigenvalue weighted by molar-refractivity contribution is 6.03. The predicted octanol–water partition coefficient (Wildman–Crippen LogP) is 1.34. The quantitative estimate of drug-likeness (QED) is 0.667. The van der Waals surface area contributed by atoms with Gasteiger partial charge in [-0.3, -0.25) is 14.3 Å². The van der Waals surface area contributed by atoms with E-state index in [4.69, 9.17) is 9.15 Å². The molecule has 1 atom stereocenters. The van der Waals surface area contributed by atoms with Gasteiger partial charge in [0.25, 0.3) is 11.8 Å². The number of nitrogens with zero attached hydrogens (tertiary/aromatic N) is 5. The summed E-state index contributed by atoms with van der Waals surface area (Å²) in [6.07, 6.45) is 5.52. The molecule has 0 saturated heterocycles. The summed E-state index contributed by atoms with van der Waals surface area (Å²) in [6.45, 7) is 0.884. The van der Waals surface area contributed by atoms with Crippen molar-refractivity contribution in [1.82, 2.24) is 19.7 Å². The fraction of sp³-hybridized carbons (Fsp3) is 0.300. The van der Waals surface area contributed by atoms with Crippen molar-refractivity contribution in [2.45, 2.75) is 19.0 Å². The Bertz CT molecular complexity index is 1070. The molecule has 2 aliphatic rings. The van der Waals surface area contributed by atoms with Crippen LogP contribution in [0, 0.1) is 0 Å². The molecule has 148 valence electrons. The number of carbonyl (C=O) groups excluding carboxylic acids is 2. The molecule has 29 heavy (non-hydrogen) atoms. The maximum Gasteiger partial charge on any atom is 0.275 e.